The molecule has 0 radical (unpaired) electrons. The summed E-state index contributed by atoms with van der Waals surface area (Å²) < 4.78 is 29.0. The van der Waals surface area contributed by atoms with Crippen LogP contribution in [0, 0.1) is 26.7 Å². The van der Waals surface area contributed by atoms with Gasteiger partial charge in [0, 0.05) is 6.04 Å². The van der Waals surface area contributed by atoms with Gasteiger partial charge in [0.2, 0.25) is 10.0 Å². The second kappa shape index (κ2) is 7.49. The molecule has 0 aliphatic carbocycles. The van der Waals surface area contributed by atoms with Gasteiger partial charge in [0.25, 0.3) is 0 Å². The van der Waals surface area contributed by atoms with E-state index in [0.717, 1.165) is 28.7 Å². The van der Waals surface area contributed by atoms with Crippen molar-refractivity contribution < 1.29 is 8.42 Å². The van der Waals surface area contributed by atoms with Crippen molar-refractivity contribution in [2.75, 3.05) is 0 Å². The number of sulfonamides is 1. The maximum Gasteiger partial charge on any atom is 0.241 e. The summed E-state index contributed by atoms with van der Waals surface area (Å²) in [7, 11) is -3.58. The van der Waals surface area contributed by atoms with Crippen LogP contribution in [-0.4, -0.2) is 8.42 Å². The molecule has 3 nitrogen and oxygen atoms in total. The van der Waals surface area contributed by atoms with Gasteiger partial charge in [-0.3, -0.25) is 0 Å². The Hall–Kier alpha value is -1.65. The van der Waals surface area contributed by atoms with Gasteiger partial charge in [-0.05, 0) is 49.8 Å². The van der Waals surface area contributed by atoms with Gasteiger partial charge in [0.1, 0.15) is 0 Å². The predicted molar refractivity (Wildman–Crippen MR) is 99.6 cm³/mol. The van der Waals surface area contributed by atoms with E-state index in [1.807, 2.05) is 63.2 Å². The van der Waals surface area contributed by atoms with Crippen molar-refractivity contribution in [1.29, 1.82) is 0 Å². The largest absolute Gasteiger partial charge is 0.241 e. The van der Waals surface area contributed by atoms with Crippen molar-refractivity contribution in [3.8, 4) is 0 Å². The lowest BCUT2D eigenvalue weighted by molar-refractivity contribution is 0.471. The molecule has 0 spiro atoms. The molecule has 0 saturated heterocycles. The molecule has 2 aromatic carbocycles. The van der Waals surface area contributed by atoms with Crippen LogP contribution in [0.15, 0.2) is 47.4 Å². The summed E-state index contributed by atoms with van der Waals surface area (Å²) in [5.74, 6) is 0.387. The van der Waals surface area contributed by atoms with E-state index in [0.29, 0.717) is 10.8 Å². The molecule has 0 saturated carbocycles. The Morgan fingerprint density at radius 1 is 0.958 bits per heavy atom. The summed E-state index contributed by atoms with van der Waals surface area (Å²) in [6.45, 7) is 9.90. The molecule has 130 valence electrons. The Morgan fingerprint density at radius 3 is 2.00 bits per heavy atom. The third-order valence-corrected chi connectivity index (χ3v) is 5.86. The van der Waals surface area contributed by atoms with Gasteiger partial charge < -0.3 is 0 Å². The maximum absolute atomic E-state index is 13.0. The van der Waals surface area contributed by atoms with E-state index in [9.17, 15) is 8.42 Å². The SMILES string of the molecule is Cc1cc(C)c(S(=O)(=O)N[C@@H](CC(C)C)c2ccccc2)c(C)c1. The quantitative estimate of drug-likeness (QED) is 0.826. The fraction of sp³-hybridized carbons (Fsp3) is 0.400. The van der Waals surface area contributed by atoms with Gasteiger partial charge in [0.05, 0.1) is 4.90 Å². The van der Waals surface area contributed by atoms with Crippen LogP contribution in [-0.2, 0) is 10.0 Å². The minimum absolute atomic E-state index is 0.226. The highest BCUT2D eigenvalue weighted by atomic mass is 32.2. The average molecular weight is 346 g/mol. The van der Waals surface area contributed by atoms with Gasteiger partial charge in [-0.15, -0.1) is 0 Å². The zero-order valence-corrected chi connectivity index (χ0v) is 15.9. The number of rotatable bonds is 6. The van der Waals surface area contributed by atoms with Crippen molar-refractivity contribution in [3.05, 3.63) is 64.7 Å². The Labute approximate surface area is 146 Å². The topological polar surface area (TPSA) is 46.2 Å². The lowest BCUT2D eigenvalue weighted by atomic mass is 9.98. The first-order chi connectivity index (χ1) is 11.2. The average Bonchev–Trinajstić information content (AvgIpc) is 2.45. The van der Waals surface area contributed by atoms with Crippen LogP contribution in [0.5, 0.6) is 0 Å². The van der Waals surface area contributed by atoms with Crippen LogP contribution in [0.3, 0.4) is 0 Å². The molecular formula is C20H27NO2S. The van der Waals surface area contributed by atoms with E-state index in [1.165, 1.54) is 0 Å². The molecule has 1 N–H and O–H groups in total. The second-order valence-electron chi connectivity index (χ2n) is 6.94. The minimum Gasteiger partial charge on any atom is -0.207 e. The third-order valence-electron chi connectivity index (χ3n) is 4.08. The van der Waals surface area contributed by atoms with E-state index < -0.39 is 10.0 Å². The van der Waals surface area contributed by atoms with Gasteiger partial charge in [-0.1, -0.05) is 61.9 Å². The predicted octanol–water partition coefficient (Wildman–Crippen LogP) is 4.68. The highest BCUT2D eigenvalue weighted by molar-refractivity contribution is 7.89. The summed E-state index contributed by atoms with van der Waals surface area (Å²) in [6, 6.07) is 13.4. The molecule has 0 aliphatic heterocycles. The molecule has 0 aromatic heterocycles. The Morgan fingerprint density at radius 2 is 1.50 bits per heavy atom. The molecular weight excluding hydrogens is 318 g/mol. The van der Waals surface area contributed by atoms with Crippen LogP contribution in [0.2, 0.25) is 0 Å². The molecule has 0 unspecified atom stereocenters. The number of benzene rings is 2. The molecule has 24 heavy (non-hydrogen) atoms. The molecule has 0 amide bonds. The van der Waals surface area contributed by atoms with Crippen molar-refractivity contribution in [3.63, 3.8) is 0 Å². The standard InChI is InChI=1S/C20H27NO2S/c1-14(2)11-19(18-9-7-6-8-10-18)21-24(22,23)20-16(4)12-15(3)13-17(20)5/h6-10,12-14,19,21H,11H2,1-5H3/t19-/m0/s1. The number of aryl methyl sites for hydroxylation is 3. The van der Waals surface area contributed by atoms with E-state index in [1.54, 1.807) is 0 Å². The molecule has 2 aromatic rings. The maximum atomic E-state index is 13.0. The lowest BCUT2D eigenvalue weighted by Crippen LogP contribution is -2.30. The number of hydrogen-bond donors (Lipinski definition) is 1. The molecule has 2 rings (SSSR count). The molecule has 1 atom stereocenters. The summed E-state index contributed by atoms with van der Waals surface area (Å²) in [5.41, 5.74) is 3.65. The van der Waals surface area contributed by atoms with Gasteiger partial charge in [-0.2, -0.15) is 0 Å². The van der Waals surface area contributed by atoms with Gasteiger partial charge in [0.15, 0.2) is 0 Å². The van der Waals surface area contributed by atoms with Crippen LogP contribution in [0.25, 0.3) is 0 Å². The summed E-state index contributed by atoms with van der Waals surface area (Å²) in [6.07, 6.45) is 0.757. The van der Waals surface area contributed by atoms with Crippen molar-refractivity contribution in [2.45, 2.75) is 52.0 Å². The van der Waals surface area contributed by atoms with Crippen molar-refractivity contribution in [2.24, 2.45) is 5.92 Å². The first-order valence-corrected chi connectivity index (χ1v) is 9.84. The Kier molecular flexibility index (Phi) is 5.83. The van der Waals surface area contributed by atoms with Crippen LogP contribution >= 0.6 is 0 Å². The van der Waals surface area contributed by atoms with Crippen LogP contribution < -0.4 is 4.72 Å². The fourth-order valence-corrected chi connectivity index (χ4v) is 4.94. The molecule has 4 heteroatoms. The zero-order chi connectivity index (χ0) is 17.9. The van der Waals surface area contributed by atoms with Crippen LogP contribution in [0.4, 0.5) is 0 Å². The molecule has 0 aliphatic rings. The van der Waals surface area contributed by atoms with Gasteiger partial charge >= 0.3 is 0 Å². The normalized spacial score (nSPS) is 13.2. The minimum atomic E-state index is -3.58. The van der Waals surface area contributed by atoms with E-state index in [-0.39, 0.29) is 6.04 Å². The fourth-order valence-electron chi connectivity index (χ4n) is 3.25. The van der Waals surface area contributed by atoms with Gasteiger partial charge in [-0.25, -0.2) is 13.1 Å². The first-order valence-electron chi connectivity index (χ1n) is 8.36. The third kappa shape index (κ3) is 4.46. The second-order valence-corrected chi connectivity index (χ2v) is 8.59. The zero-order valence-electron chi connectivity index (χ0n) is 15.1. The van der Waals surface area contributed by atoms with Crippen LogP contribution in [0.1, 0.15) is 48.6 Å². The number of hydrogen-bond acceptors (Lipinski definition) is 2. The molecule has 0 heterocycles. The Bertz CT molecular complexity index is 773. The monoisotopic (exact) mass is 345 g/mol. The first kappa shape index (κ1) is 18.7. The summed E-state index contributed by atoms with van der Waals surface area (Å²) >= 11 is 0. The molecule has 0 fully saturated rings. The van der Waals surface area contributed by atoms with E-state index in [2.05, 4.69) is 18.6 Å². The highest BCUT2D eigenvalue weighted by Crippen LogP contribution is 2.27. The number of nitrogens with one attached hydrogen (secondary N) is 1. The summed E-state index contributed by atoms with van der Waals surface area (Å²) in [4.78, 5) is 0.401. The summed E-state index contributed by atoms with van der Waals surface area (Å²) in [5, 5.41) is 0. The smallest absolute Gasteiger partial charge is 0.207 e. The van der Waals surface area contributed by atoms with Crippen molar-refractivity contribution >= 4 is 10.0 Å². The van der Waals surface area contributed by atoms with E-state index >= 15 is 0 Å². The lowest BCUT2D eigenvalue weighted by Gasteiger charge is -2.22. The van der Waals surface area contributed by atoms with E-state index in [4.69, 9.17) is 0 Å². The Balaban J connectivity index is 2.41. The molecule has 0 bridgehead atoms. The highest BCUT2D eigenvalue weighted by Gasteiger charge is 2.25. The van der Waals surface area contributed by atoms with Crippen molar-refractivity contribution in [1.82, 2.24) is 4.72 Å².